The molecule has 0 aliphatic heterocycles. The summed E-state index contributed by atoms with van der Waals surface area (Å²) in [5.74, 6) is 2.12. The Hall–Kier alpha value is -0.180. The molecule has 0 unspecified atom stereocenters. The number of carbonyl (C=O) groups excluding carboxylic acids is 1. The molecule has 3 heteroatoms. The van der Waals surface area contributed by atoms with Crippen LogP contribution in [0.5, 0.6) is 0 Å². The lowest BCUT2D eigenvalue weighted by molar-refractivity contribution is -0.143. The van der Waals surface area contributed by atoms with E-state index in [4.69, 9.17) is 4.74 Å². The van der Waals surface area contributed by atoms with Crippen LogP contribution < -0.4 is 0 Å². The molecular formula is C28H56O2S. The Bertz CT molecular complexity index is 346. The fraction of sp³-hybridized carbons (Fsp3) is 0.964. The fourth-order valence-electron chi connectivity index (χ4n) is 3.97. The largest absolute Gasteiger partial charge is 0.466 e. The van der Waals surface area contributed by atoms with Gasteiger partial charge < -0.3 is 4.74 Å². The number of esters is 1. The minimum atomic E-state index is 0.00246. The van der Waals surface area contributed by atoms with Gasteiger partial charge in [-0.15, -0.1) is 0 Å². The number of hydrogen-bond donors (Lipinski definition) is 0. The van der Waals surface area contributed by atoms with E-state index in [1.54, 1.807) is 0 Å². The van der Waals surface area contributed by atoms with Crippen LogP contribution >= 0.6 is 11.8 Å². The minimum Gasteiger partial charge on any atom is -0.466 e. The van der Waals surface area contributed by atoms with E-state index in [-0.39, 0.29) is 5.97 Å². The van der Waals surface area contributed by atoms with Crippen molar-refractivity contribution in [1.29, 1.82) is 0 Å². The molecule has 0 aromatic heterocycles. The smallest absolute Gasteiger partial charge is 0.306 e. The van der Waals surface area contributed by atoms with Crippen molar-refractivity contribution in [2.75, 3.05) is 18.1 Å². The van der Waals surface area contributed by atoms with Crippen LogP contribution in [-0.2, 0) is 9.53 Å². The van der Waals surface area contributed by atoms with Crippen LogP contribution in [0.4, 0.5) is 0 Å². The van der Waals surface area contributed by atoms with Crippen LogP contribution in [0.1, 0.15) is 155 Å². The molecule has 0 aliphatic rings. The van der Waals surface area contributed by atoms with E-state index in [2.05, 4.69) is 13.8 Å². The second kappa shape index (κ2) is 27.9. The van der Waals surface area contributed by atoms with Crippen molar-refractivity contribution in [2.24, 2.45) is 0 Å². The van der Waals surface area contributed by atoms with Crippen molar-refractivity contribution >= 4 is 17.7 Å². The second-order valence-electron chi connectivity index (χ2n) is 9.30. The summed E-state index contributed by atoms with van der Waals surface area (Å²) in [5.41, 5.74) is 0. The van der Waals surface area contributed by atoms with Crippen molar-refractivity contribution < 1.29 is 9.53 Å². The molecule has 0 amide bonds. The van der Waals surface area contributed by atoms with E-state index in [1.807, 2.05) is 11.8 Å². The summed E-state index contributed by atoms with van der Waals surface area (Å²) in [7, 11) is 0. The first-order chi connectivity index (χ1) is 15.3. The van der Waals surface area contributed by atoms with Crippen LogP contribution in [0.2, 0.25) is 0 Å². The Balaban J connectivity index is 3.14. The summed E-state index contributed by atoms with van der Waals surface area (Å²) in [6.45, 7) is 5.18. The summed E-state index contributed by atoms with van der Waals surface area (Å²) in [5, 5.41) is 0. The molecule has 0 aliphatic carbocycles. The van der Waals surface area contributed by atoms with E-state index < -0.39 is 0 Å². The number of rotatable bonds is 26. The first kappa shape index (κ1) is 30.8. The molecule has 2 nitrogen and oxygen atoms in total. The van der Waals surface area contributed by atoms with Gasteiger partial charge in [0.2, 0.25) is 0 Å². The van der Waals surface area contributed by atoms with Crippen LogP contribution in [0.3, 0.4) is 0 Å². The van der Waals surface area contributed by atoms with Gasteiger partial charge in [0.1, 0.15) is 0 Å². The summed E-state index contributed by atoms with van der Waals surface area (Å²) in [6.07, 6.45) is 29.1. The molecule has 0 spiro atoms. The highest BCUT2D eigenvalue weighted by Crippen LogP contribution is 2.14. The summed E-state index contributed by atoms with van der Waals surface area (Å²) < 4.78 is 5.38. The molecule has 0 atom stereocenters. The van der Waals surface area contributed by atoms with Crippen molar-refractivity contribution in [3.63, 3.8) is 0 Å². The van der Waals surface area contributed by atoms with Gasteiger partial charge in [-0.25, -0.2) is 0 Å². The maximum atomic E-state index is 11.8. The first-order valence-corrected chi connectivity index (χ1v) is 15.2. The van der Waals surface area contributed by atoms with Crippen molar-refractivity contribution in [2.45, 2.75) is 155 Å². The Morgan fingerprint density at radius 1 is 0.516 bits per heavy atom. The van der Waals surface area contributed by atoms with Gasteiger partial charge in [-0.1, -0.05) is 136 Å². The van der Waals surface area contributed by atoms with Crippen LogP contribution in [-0.4, -0.2) is 24.1 Å². The van der Waals surface area contributed by atoms with Crippen molar-refractivity contribution in [3.8, 4) is 0 Å². The molecule has 0 fully saturated rings. The minimum absolute atomic E-state index is 0.00246. The highest BCUT2D eigenvalue weighted by molar-refractivity contribution is 7.99. The Kier molecular flexibility index (Phi) is 27.7. The van der Waals surface area contributed by atoms with E-state index >= 15 is 0 Å². The Labute approximate surface area is 200 Å². The Morgan fingerprint density at radius 3 is 1.35 bits per heavy atom. The topological polar surface area (TPSA) is 26.3 Å². The van der Waals surface area contributed by atoms with Gasteiger partial charge in [0, 0.05) is 5.75 Å². The third-order valence-corrected chi connectivity index (χ3v) is 7.17. The average Bonchev–Trinajstić information content (AvgIpc) is 2.77. The molecule has 0 saturated heterocycles. The molecule has 31 heavy (non-hydrogen) atoms. The number of thioether (sulfide) groups is 1. The standard InChI is InChI=1S/C28H56O2S/c1-3-5-7-9-11-13-15-16-18-20-22-25-30-28(29)24-27-31-26-23-21-19-17-14-12-10-8-6-4-2/h3-27H2,1-2H3. The van der Waals surface area contributed by atoms with Gasteiger partial charge in [0.05, 0.1) is 13.0 Å². The molecule has 0 aromatic rings. The predicted molar refractivity (Wildman–Crippen MR) is 141 cm³/mol. The normalized spacial score (nSPS) is 11.2. The molecule has 0 heterocycles. The lowest BCUT2D eigenvalue weighted by atomic mass is 10.1. The molecule has 0 bridgehead atoms. The molecule has 0 radical (unpaired) electrons. The number of unbranched alkanes of at least 4 members (excludes halogenated alkanes) is 19. The van der Waals surface area contributed by atoms with Crippen LogP contribution in [0.25, 0.3) is 0 Å². The molecule has 186 valence electrons. The zero-order valence-corrected chi connectivity index (χ0v) is 22.2. The zero-order chi connectivity index (χ0) is 22.7. The summed E-state index contributed by atoms with van der Waals surface area (Å²) in [6, 6.07) is 0. The molecular weight excluding hydrogens is 400 g/mol. The van der Waals surface area contributed by atoms with E-state index in [1.165, 1.54) is 134 Å². The SMILES string of the molecule is CCCCCCCCCCCCCOC(=O)CCSCCCCCCCCCCCC. The average molecular weight is 457 g/mol. The van der Waals surface area contributed by atoms with Gasteiger partial charge in [-0.2, -0.15) is 11.8 Å². The van der Waals surface area contributed by atoms with Gasteiger partial charge in [0.15, 0.2) is 0 Å². The second-order valence-corrected chi connectivity index (χ2v) is 10.5. The number of carbonyl (C=O) groups is 1. The quantitative estimate of drug-likeness (QED) is 0.0956. The maximum absolute atomic E-state index is 11.8. The highest BCUT2D eigenvalue weighted by Gasteiger charge is 2.03. The third-order valence-electron chi connectivity index (χ3n) is 6.10. The van der Waals surface area contributed by atoms with Crippen LogP contribution in [0.15, 0.2) is 0 Å². The number of ether oxygens (including phenoxy) is 1. The maximum Gasteiger partial charge on any atom is 0.306 e. The van der Waals surface area contributed by atoms with Gasteiger partial charge in [-0.05, 0) is 18.6 Å². The zero-order valence-electron chi connectivity index (χ0n) is 21.4. The first-order valence-electron chi connectivity index (χ1n) is 14.0. The van der Waals surface area contributed by atoms with E-state index in [0.29, 0.717) is 13.0 Å². The fourth-order valence-corrected chi connectivity index (χ4v) is 4.90. The summed E-state index contributed by atoms with van der Waals surface area (Å²) in [4.78, 5) is 11.8. The summed E-state index contributed by atoms with van der Waals surface area (Å²) >= 11 is 1.92. The molecule has 0 rings (SSSR count). The Morgan fingerprint density at radius 2 is 0.903 bits per heavy atom. The molecule has 0 saturated carbocycles. The van der Waals surface area contributed by atoms with Gasteiger partial charge in [0.25, 0.3) is 0 Å². The predicted octanol–water partition coefficient (Wildman–Crippen LogP) is 9.88. The molecule has 0 aromatic carbocycles. The number of hydrogen-bond acceptors (Lipinski definition) is 3. The highest BCUT2D eigenvalue weighted by atomic mass is 32.2. The van der Waals surface area contributed by atoms with Crippen LogP contribution in [0, 0.1) is 0 Å². The van der Waals surface area contributed by atoms with Crippen molar-refractivity contribution in [3.05, 3.63) is 0 Å². The molecule has 0 N–H and O–H groups in total. The third kappa shape index (κ3) is 27.8. The van der Waals surface area contributed by atoms with E-state index in [0.717, 1.165) is 12.2 Å². The van der Waals surface area contributed by atoms with Crippen molar-refractivity contribution in [1.82, 2.24) is 0 Å². The van der Waals surface area contributed by atoms with Gasteiger partial charge >= 0.3 is 5.97 Å². The van der Waals surface area contributed by atoms with Gasteiger partial charge in [-0.3, -0.25) is 4.79 Å². The monoisotopic (exact) mass is 456 g/mol. The lowest BCUT2D eigenvalue weighted by Gasteiger charge is -2.06. The lowest BCUT2D eigenvalue weighted by Crippen LogP contribution is -2.07. The van der Waals surface area contributed by atoms with E-state index in [9.17, 15) is 4.79 Å².